The highest BCUT2D eigenvalue weighted by molar-refractivity contribution is 7.14. The average molecular weight is 299 g/mol. The third-order valence-electron chi connectivity index (χ3n) is 3.10. The average Bonchev–Trinajstić information content (AvgIpc) is 2.94. The summed E-state index contributed by atoms with van der Waals surface area (Å²) in [4.78, 5) is 14.1. The van der Waals surface area contributed by atoms with Crippen LogP contribution in [0.2, 0.25) is 0 Å². The van der Waals surface area contributed by atoms with Gasteiger partial charge in [0, 0.05) is 6.54 Å². The molecule has 0 aliphatic carbocycles. The number of nitrogens with one attached hydrogen (secondary N) is 1. The Kier molecular flexibility index (Phi) is 5.50. The van der Waals surface area contributed by atoms with Crippen molar-refractivity contribution in [1.82, 2.24) is 4.90 Å². The summed E-state index contributed by atoms with van der Waals surface area (Å²) in [7, 11) is 0. The first kappa shape index (κ1) is 15.2. The number of amides is 1. The molecule has 1 N–H and O–H groups in total. The van der Waals surface area contributed by atoms with E-state index in [1.54, 1.807) is 11.4 Å². The topological polar surface area (TPSA) is 56.1 Å². The van der Waals surface area contributed by atoms with Crippen molar-refractivity contribution >= 4 is 22.2 Å². The Hall–Kier alpha value is -2.16. The lowest BCUT2D eigenvalue weighted by atomic mass is 10.2. The molecule has 0 saturated carbocycles. The summed E-state index contributed by atoms with van der Waals surface area (Å²) in [6.07, 6.45) is 0. The molecular formula is C16H17N3OS. The SMILES string of the molecule is CCN(CC(=O)Nc1sccc1C#N)Cc1ccccc1. The molecule has 2 rings (SSSR count). The van der Waals surface area contributed by atoms with Gasteiger partial charge in [-0.2, -0.15) is 5.26 Å². The Labute approximate surface area is 128 Å². The molecule has 0 saturated heterocycles. The molecule has 1 heterocycles. The zero-order chi connectivity index (χ0) is 15.1. The monoisotopic (exact) mass is 299 g/mol. The minimum absolute atomic E-state index is 0.0910. The van der Waals surface area contributed by atoms with Crippen molar-refractivity contribution < 1.29 is 4.79 Å². The Morgan fingerprint density at radius 2 is 2.10 bits per heavy atom. The predicted octanol–water partition coefficient (Wildman–Crippen LogP) is 3.08. The zero-order valence-electron chi connectivity index (χ0n) is 11.9. The molecule has 108 valence electrons. The summed E-state index contributed by atoms with van der Waals surface area (Å²) in [5, 5.41) is 14.2. The number of carbonyl (C=O) groups excluding carboxylic acids is 1. The summed E-state index contributed by atoms with van der Waals surface area (Å²) >= 11 is 1.37. The Bertz CT molecular complexity index is 630. The Balaban J connectivity index is 1.93. The number of thiophene rings is 1. The van der Waals surface area contributed by atoms with E-state index >= 15 is 0 Å². The number of benzene rings is 1. The molecule has 5 heteroatoms. The first-order valence-electron chi connectivity index (χ1n) is 6.76. The lowest BCUT2D eigenvalue weighted by Gasteiger charge is -2.19. The number of nitrogens with zero attached hydrogens (tertiary/aromatic N) is 2. The molecule has 1 aromatic carbocycles. The summed E-state index contributed by atoms with van der Waals surface area (Å²) in [6, 6.07) is 13.8. The highest BCUT2D eigenvalue weighted by Crippen LogP contribution is 2.21. The van der Waals surface area contributed by atoms with E-state index in [0.717, 1.165) is 13.1 Å². The maximum Gasteiger partial charge on any atom is 0.239 e. The summed E-state index contributed by atoms with van der Waals surface area (Å²) < 4.78 is 0. The van der Waals surface area contributed by atoms with E-state index < -0.39 is 0 Å². The fourth-order valence-electron chi connectivity index (χ4n) is 1.98. The maximum absolute atomic E-state index is 12.1. The van der Waals surface area contributed by atoms with Gasteiger partial charge >= 0.3 is 0 Å². The summed E-state index contributed by atoms with van der Waals surface area (Å²) in [5.74, 6) is -0.0910. The zero-order valence-corrected chi connectivity index (χ0v) is 12.7. The predicted molar refractivity (Wildman–Crippen MR) is 85.1 cm³/mol. The van der Waals surface area contributed by atoms with Gasteiger partial charge in [0.15, 0.2) is 0 Å². The van der Waals surface area contributed by atoms with Gasteiger partial charge in [-0.1, -0.05) is 37.3 Å². The number of anilines is 1. The molecule has 0 fully saturated rings. The molecule has 0 bridgehead atoms. The van der Waals surface area contributed by atoms with Crippen molar-refractivity contribution in [3.05, 3.63) is 52.9 Å². The minimum Gasteiger partial charge on any atom is -0.315 e. The highest BCUT2D eigenvalue weighted by atomic mass is 32.1. The third-order valence-corrected chi connectivity index (χ3v) is 3.93. The van der Waals surface area contributed by atoms with E-state index in [2.05, 4.69) is 16.3 Å². The van der Waals surface area contributed by atoms with E-state index in [1.807, 2.05) is 37.3 Å². The summed E-state index contributed by atoms with van der Waals surface area (Å²) in [6.45, 7) is 3.87. The van der Waals surface area contributed by atoms with Gasteiger partial charge in [-0.15, -0.1) is 11.3 Å². The largest absolute Gasteiger partial charge is 0.315 e. The molecule has 0 radical (unpaired) electrons. The molecule has 0 spiro atoms. The molecule has 4 nitrogen and oxygen atoms in total. The van der Waals surface area contributed by atoms with E-state index in [1.165, 1.54) is 16.9 Å². The van der Waals surface area contributed by atoms with Crippen LogP contribution >= 0.6 is 11.3 Å². The van der Waals surface area contributed by atoms with Crippen LogP contribution < -0.4 is 5.32 Å². The highest BCUT2D eigenvalue weighted by Gasteiger charge is 2.12. The van der Waals surface area contributed by atoms with Crippen molar-refractivity contribution in [3.8, 4) is 6.07 Å². The smallest absolute Gasteiger partial charge is 0.239 e. The number of rotatable bonds is 6. The van der Waals surface area contributed by atoms with Crippen LogP contribution in [0.25, 0.3) is 0 Å². The molecular weight excluding hydrogens is 282 g/mol. The van der Waals surface area contributed by atoms with Gasteiger partial charge in [0.2, 0.25) is 5.91 Å². The Morgan fingerprint density at radius 3 is 2.76 bits per heavy atom. The molecule has 0 aliphatic rings. The van der Waals surface area contributed by atoms with Crippen molar-refractivity contribution in [2.75, 3.05) is 18.4 Å². The minimum atomic E-state index is -0.0910. The first-order chi connectivity index (χ1) is 10.2. The quantitative estimate of drug-likeness (QED) is 0.892. The fourth-order valence-corrected chi connectivity index (χ4v) is 2.74. The van der Waals surface area contributed by atoms with Gasteiger partial charge in [0.05, 0.1) is 12.1 Å². The number of hydrogen-bond acceptors (Lipinski definition) is 4. The van der Waals surface area contributed by atoms with E-state index in [9.17, 15) is 4.79 Å². The van der Waals surface area contributed by atoms with Crippen molar-refractivity contribution in [2.24, 2.45) is 0 Å². The van der Waals surface area contributed by atoms with E-state index in [-0.39, 0.29) is 5.91 Å². The second-order valence-electron chi connectivity index (χ2n) is 4.61. The molecule has 0 atom stereocenters. The van der Waals surface area contributed by atoms with Gasteiger partial charge in [0.25, 0.3) is 0 Å². The first-order valence-corrected chi connectivity index (χ1v) is 7.64. The van der Waals surface area contributed by atoms with Crippen molar-refractivity contribution in [1.29, 1.82) is 5.26 Å². The van der Waals surface area contributed by atoms with Crippen LogP contribution in [-0.2, 0) is 11.3 Å². The maximum atomic E-state index is 12.1. The molecule has 1 amide bonds. The van der Waals surface area contributed by atoms with Gasteiger partial charge < -0.3 is 5.32 Å². The third kappa shape index (κ3) is 4.42. The second kappa shape index (κ2) is 7.58. The molecule has 0 unspecified atom stereocenters. The Morgan fingerprint density at radius 1 is 1.33 bits per heavy atom. The lowest BCUT2D eigenvalue weighted by molar-refractivity contribution is -0.117. The molecule has 21 heavy (non-hydrogen) atoms. The van der Waals surface area contributed by atoms with Crippen LogP contribution in [0.1, 0.15) is 18.1 Å². The van der Waals surface area contributed by atoms with Gasteiger partial charge in [-0.05, 0) is 23.6 Å². The van der Waals surface area contributed by atoms with Crippen LogP contribution in [0, 0.1) is 11.3 Å². The molecule has 1 aromatic heterocycles. The van der Waals surface area contributed by atoms with E-state index in [0.29, 0.717) is 17.1 Å². The van der Waals surface area contributed by atoms with Gasteiger partial charge in [0.1, 0.15) is 11.1 Å². The van der Waals surface area contributed by atoms with Crippen LogP contribution in [-0.4, -0.2) is 23.9 Å². The van der Waals surface area contributed by atoms with Gasteiger partial charge in [-0.3, -0.25) is 9.69 Å². The summed E-state index contributed by atoms with van der Waals surface area (Å²) in [5.41, 5.74) is 1.69. The second-order valence-corrected chi connectivity index (χ2v) is 5.53. The van der Waals surface area contributed by atoms with Crippen LogP contribution in [0.5, 0.6) is 0 Å². The number of carbonyl (C=O) groups is 1. The normalized spacial score (nSPS) is 10.3. The van der Waals surface area contributed by atoms with Crippen LogP contribution in [0.3, 0.4) is 0 Å². The number of likely N-dealkylation sites (N-methyl/N-ethyl adjacent to an activating group) is 1. The number of nitriles is 1. The van der Waals surface area contributed by atoms with E-state index in [4.69, 9.17) is 5.26 Å². The molecule has 0 aliphatic heterocycles. The van der Waals surface area contributed by atoms with Crippen molar-refractivity contribution in [3.63, 3.8) is 0 Å². The number of hydrogen-bond donors (Lipinski definition) is 1. The fraction of sp³-hybridized carbons (Fsp3) is 0.250. The standard InChI is InChI=1S/C16H17N3OS/c1-2-19(11-13-6-4-3-5-7-13)12-15(20)18-16-14(10-17)8-9-21-16/h3-9H,2,11-12H2,1H3,(H,18,20). The van der Waals surface area contributed by atoms with Crippen LogP contribution in [0.4, 0.5) is 5.00 Å². The van der Waals surface area contributed by atoms with Crippen LogP contribution in [0.15, 0.2) is 41.8 Å². The van der Waals surface area contributed by atoms with Crippen molar-refractivity contribution in [2.45, 2.75) is 13.5 Å². The lowest BCUT2D eigenvalue weighted by Crippen LogP contribution is -2.32. The van der Waals surface area contributed by atoms with Gasteiger partial charge in [-0.25, -0.2) is 0 Å². The molecule has 2 aromatic rings.